The number of thioether (sulfide) groups is 1. The summed E-state index contributed by atoms with van der Waals surface area (Å²) < 4.78 is 5.44. The Balaban J connectivity index is 2.14. The fraction of sp³-hybridized carbons (Fsp3) is 0.312. The van der Waals surface area contributed by atoms with Crippen LogP contribution in [0.3, 0.4) is 0 Å². The van der Waals surface area contributed by atoms with Crippen molar-refractivity contribution >= 4 is 11.8 Å². The molecule has 1 aromatic heterocycles. The zero-order valence-corrected chi connectivity index (χ0v) is 13.0. The quantitative estimate of drug-likeness (QED) is 0.856. The van der Waals surface area contributed by atoms with Crippen LogP contribution in [0.4, 0.5) is 0 Å². The first-order valence-electron chi connectivity index (χ1n) is 6.56. The van der Waals surface area contributed by atoms with Crippen molar-refractivity contribution in [3.05, 3.63) is 52.8 Å². The second-order valence-corrected chi connectivity index (χ2v) is 5.74. The Kier molecular flexibility index (Phi) is 5.04. The van der Waals surface area contributed by atoms with E-state index >= 15 is 0 Å². The van der Waals surface area contributed by atoms with Gasteiger partial charge in [-0.15, -0.1) is 11.8 Å². The summed E-state index contributed by atoms with van der Waals surface area (Å²) >= 11 is 1.77. The van der Waals surface area contributed by atoms with E-state index in [1.807, 2.05) is 25.3 Å². The fourth-order valence-corrected chi connectivity index (χ4v) is 3.13. The molecule has 0 saturated carbocycles. The van der Waals surface area contributed by atoms with Crippen molar-refractivity contribution in [1.82, 2.24) is 4.98 Å². The third-order valence-electron chi connectivity index (χ3n) is 3.26. The van der Waals surface area contributed by atoms with E-state index in [1.165, 1.54) is 4.90 Å². The van der Waals surface area contributed by atoms with Crippen molar-refractivity contribution in [2.75, 3.05) is 7.11 Å². The van der Waals surface area contributed by atoms with E-state index < -0.39 is 0 Å². The maximum atomic E-state index is 5.67. The van der Waals surface area contributed by atoms with Crippen LogP contribution < -0.4 is 10.5 Å². The molecule has 0 aliphatic heterocycles. The molecular formula is C16H20N2OS. The maximum Gasteiger partial charge on any atom is 0.128 e. The number of aryl methyl sites for hydroxylation is 1. The predicted octanol–water partition coefficient (Wildman–Crippen LogP) is 3.46. The monoisotopic (exact) mass is 288 g/mol. The summed E-state index contributed by atoms with van der Waals surface area (Å²) in [6, 6.07) is 8.32. The van der Waals surface area contributed by atoms with Crippen molar-refractivity contribution in [2.45, 2.75) is 31.0 Å². The summed E-state index contributed by atoms with van der Waals surface area (Å²) in [5.74, 6) is 1.77. The molecule has 4 heteroatoms. The molecule has 0 spiro atoms. The van der Waals surface area contributed by atoms with E-state index in [0.717, 1.165) is 33.9 Å². The Morgan fingerprint density at radius 1 is 1.30 bits per heavy atom. The first-order chi connectivity index (χ1) is 9.65. The molecule has 1 aromatic carbocycles. The SMILES string of the molecule is COc1c(C)cnc(CSc2cccc(CN)c2)c1C. The third kappa shape index (κ3) is 3.32. The molecule has 0 aliphatic rings. The summed E-state index contributed by atoms with van der Waals surface area (Å²) in [5, 5.41) is 0. The number of nitrogens with zero attached hydrogens (tertiary/aromatic N) is 1. The first-order valence-corrected chi connectivity index (χ1v) is 7.55. The van der Waals surface area contributed by atoms with Crippen LogP contribution in [0, 0.1) is 13.8 Å². The Morgan fingerprint density at radius 3 is 2.80 bits per heavy atom. The van der Waals surface area contributed by atoms with Gasteiger partial charge in [0.25, 0.3) is 0 Å². The van der Waals surface area contributed by atoms with Gasteiger partial charge in [0.2, 0.25) is 0 Å². The lowest BCUT2D eigenvalue weighted by Crippen LogP contribution is -1.99. The Hall–Kier alpha value is -1.52. The summed E-state index contributed by atoms with van der Waals surface area (Å²) in [6.45, 7) is 4.65. The number of hydrogen-bond donors (Lipinski definition) is 1. The Morgan fingerprint density at radius 2 is 2.10 bits per heavy atom. The molecule has 2 aromatic rings. The van der Waals surface area contributed by atoms with Crippen molar-refractivity contribution in [2.24, 2.45) is 5.73 Å². The summed E-state index contributed by atoms with van der Waals surface area (Å²) in [6.07, 6.45) is 1.87. The van der Waals surface area contributed by atoms with E-state index in [4.69, 9.17) is 10.5 Å². The molecule has 20 heavy (non-hydrogen) atoms. The van der Waals surface area contributed by atoms with Crippen molar-refractivity contribution < 1.29 is 4.74 Å². The molecule has 2 N–H and O–H groups in total. The van der Waals surface area contributed by atoms with Crippen molar-refractivity contribution in [3.8, 4) is 5.75 Å². The summed E-state index contributed by atoms with van der Waals surface area (Å²) in [7, 11) is 1.71. The molecule has 0 atom stereocenters. The smallest absolute Gasteiger partial charge is 0.128 e. The molecule has 0 saturated heterocycles. The zero-order chi connectivity index (χ0) is 14.5. The maximum absolute atomic E-state index is 5.67. The number of pyridine rings is 1. The van der Waals surface area contributed by atoms with Gasteiger partial charge in [0, 0.05) is 34.5 Å². The van der Waals surface area contributed by atoms with Gasteiger partial charge < -0.3 is 10.5 Å². The average molecular weight is 288 g/mol. The Labute approximate surface area is 124 Å². The minimum atomic E-state index is 0.573. The van der Waals surface area contributed by atoms with E-state index in [-0.39, 0.29) is 0 Å². The highest BCUT2D eigenvalue weighted by Gasteiger charge is 2.09. The van der Waals surface area contributed by atoms with Crippen LogP contribution in [0.2, 0.25) is 0 Å². The van der Waals surface area contributed by atoms with Gasteiger partial charge in [-0.1, -0.05) is 12.1 Å². The second kappa shape index (κ2) is 6.77. The molecule has 1 heterocycles. The van der Waals surface area contributed by atoms with Crippen LogP contribution in [0.5, 0.6) is 5.75 Å². The van der Waals surface area contributed by atoms with Crippen molar-refractivity contribution in [1.29, 1.82) is 0 Å². The summed E-state index contributed by atoms with van der Waals surface area (Å²) in [5.41, 5.74) is 10.1. The molecular weight excluding hydrogens is 268 g/mol. The standard InChI is InChI=1S/C16H20N2OS/c1-11-9-18-15(12(2)16(11)19-3)10-20-14-6-4-5-13(7-14)8-17/h4-7,9H,8,10,17H2,1-3H3. The molecule has 0 amide bonds. The number of aromatic nitrogens is 1. The number of hydrogen-bond acceptors (Lipinski definition) is 4. The van der Waals surface area contributed by atoms with Gasteiger partial charge in [-0.3, -0.25) is 4.98 Å². The van der Waals surface area contributed by atoms with Gasteiger partial charge in [-0.2, -0.15) is 0 Å². The topological polar surface area (TPSA) is 48.1 Å². The average Bonchev–Trinajstić information content (AvgIpc) is 2.47. The number of nitrogens with two attached hydrogens (primary N) is 1. The van der Waals surface area contributed by atoms with E-state index in [1.54, 1.807) is 18.9 Å². The van der Waals surface area contributed by atoms with Crippen LogP contribution >= 0.6 is 11.8 Å². The van der Waals surface area contributed by atoms with Crippen LogP contribution in [0.25, 0.3) is 0 Å². The summed E-state index contributed by atoms with van der Waals surface area (Å²) in [4.78, 5) is 5.73. The number of benzene rings is 1. The van der Waals surface area contributed by atoms with Crippen molar-refractivity contribution in [3.63, 3.8) is 0 Å². The van der Waals surface area contributed by atoms with Gasteiger partial charge in [0.1, 0.15) is 5.75 Å². The second-order valence-electron chi connectivity index (χ2n) is 4.69. The van der Waals surface area contributed by atoms with Gasteiger partial charge in [0.15, 0.2) is 0 Å². The Bertz CT molecular complexity index is 599. The molecule has 2 rings (SSSR count). The molecule has 0 bridgehead atoms. The highest BCUT2D eigenvalue weighted by Crippen LogP contribution is 2.29. The zero-order valence-electron chi connectivity index (χ0n) is 12.1. The van der Waals surface area contributed by atoms with Crippen LogP contribution in [0.1, 0.15) is 22.4 Å². The fourth-order valence-electron chi connectivity index (χ4n) is 2.13. The molecule has 0 radical (unpaired) electrons. The van der Waals surface area contributed by atoms with Gasteiger partial charge >= 0.3 is 0 Å². The van der Waals surface area contributed by atoms with Gasteiger partial charge in [0.05, 0.1) is 12.8 Å². The van der Waals surface area contributed by atoms with E-state index in [0.29, 0.717) is 6.54 Å². The van der Waals surface area contributed by atoms with E-state index in [2.05, 4.69) is 24.0 Å². The minimum Gasteiger partial charge on any atom is -0.496 e. The van der Waals surface area contributed by atoms with Crippen LogP contribution in [-0.4, -0.2) is 12.1 Å². The molecule has 106 valence electrons. The lowest BCUT2D eigenvalue weighted by atomic mass is 10.1. The predicted molar refractivity (Wildman–Crippen MR) is 84.2 cm³/mol. The normalized spacial score (nSPS) is 10.6. The molecule has 0 aliphatic carbocycles. The lowest BCUT2D eigenvalue weighted by molar-refractivity contribution is 0.407. The first kappa shape index (κ1) is 14.9. The third-order valence-corrected chi connectivity index (χ3v) is 4.26. The lowest BCUT2D eigenvalue weighted by Gasteiger charge is -2.12. The number of methoxy groups -OCH3 is 1. The number of rotatable bonds is 5. The van der Waals surface area contributed by atoms with Crippen LogP contribution in [-0.2, 0) is 12.3 Å². The molecule has 0 fully saturated rings. The molecule has 3 nitrogen and oxygen atoms in total. The number of ether oxygens (including phenoxy) is 1. The minimum absolute atomic E-state index is 0.573. The highest BCUT2D eigenvalue weighted by molar-refractivity contribution is 7.98. The van der Waals surface area contributed by atoms with E-state index in [9.17, 15) is 0 Å². The van der Waals surface area contributed by atoms with Gasteiger partial charge in [-0.05, 0) is 31.5 Å². The van der Waals surface area contributed by atoms with Crippen LogP contribution in [0.15, 0.2) is 35.4 Å². The largest absolute Gasteiger partial charge is 0.496 e. The molecule has 0 unspecified atom stereocenters. The highest BCUT2D eigenvalue weighted by atomic mass is 32.2. The van der Waals surface area contributed by atoms with Gasteiger partial charge in [-0.25, -0.2) is 0 Å².